The van der Waals surface area contributed by atoms with Gasteiger partial charge in [0, 0.05) is 13.1 Å². The first kappa shape index (κ1) is 25.9. The van der Waals surface area contributed by atoms with Gasteiger partial charge < -0.3 is 14.6 Å². The van der Waals surface area contributed by atoms with Crippen molar-refractivity contribution in [2.24, 2.45) is 4.99 Å². The Morgan fingerprint density at radius 3 is 2.09 bits per heavy atom. The molecule has 2 aromatic rings. The number of rotatable bonds is 8. The van der Waals surface area contributed by atoms with E-state index < -0.39 is 18.4 Å². The van der Waals surface area contributed by atoms with E-state index in [1.54, 1.807) is 0 Å². The fourth-order valence-corrected chi connectivity index (χ4v) is 10.1. The van der Waals surface area contributed by atoms with Crippen molar-refractivity contribution in [1.29, 1.82) is 0 Å². The van der Waals surface area contributed by atoms with E-state index >= 15 is 0 Å². The van der Waals surface area contributed by atoms with Gasteiger partial charge in [-0.1, -0.05) is 81.4 Å². The minimum absolute atomic E-state index is 0.0324. The van der Waals surface area contributed by atoms with Crippen LogP contribution in [0.3, 0.4) is 0 Å². The molecular formula is C26H37N3O4SSi. The van der Waals surface area contributed by atoms with E-state index in [0.717, 1.165) is 38.1 Å². The fourth-order valence-electron chi connectivity index (χ4n) is 5.08. The standard InChI is InChI=1S/C26H37N3O4SSi/c1-26(2,3)35(23-11-7-5-8-12-23,24-13-9-6-10-14-24)33-20-22-16-18-29-17-15-21(27-25(29)28-22)19-32-34(4,30)31/h5-14,21-22H,15-20H2,1-4H3,(H,27,28)/t21-,22-/m1/s1. The summed E-state index contributed by atoms with van der Waals surface area (Å²) < 4.78 is 34.9. The topological polar surface area (TPSA) is 80.2 Å². The molecule has 2 aliphatic rings. The molecule has 0 aromatic heterocycles. The summed E-state index contributed by atoms with van der Waals surface area (Å²) in [5.41, 5.74) is 0. The molecule has 4 rings (SSSR count). The highest BCUT2D eigenvalue weighted by molar-refractivity contribution is 7.85. The summed E-state index contributed by atoms with van der Waals surface area (Å²) in [6, 6.07) is 21.3. The number of hydrogen-bond acceptors (Lipinski definition) is 7. The van der Waals surface area contributed by atoms with Gasteiger partial charge in [0.05, 0.1) is 31.6 Å². The molecule has 0 spiro atoms. The van der Waals surface area contributed by atoms with Gasteiger partial charge in [-0.05, 0) is 28.3 Å². The molecule has 2 heterocycles. The minimum atomic E-state index is -3.46. The highest BCUT2D eigenvalue weighted by atomic mass is 32.2. The minimum Gasteiger partial charge on any atom is -0.405 e. The van der Waals surface area contributed by atoms with Crippen molar-refractivity contribution in [3.8, 4) is 0 Å². The van der Waals surface area contributed by atoms with Gasteiger partial charge >= 0.3 is 0 Å². The lowest BCUT2D eigenvalue weighted by molar-refractivity contribution is 0.210. The van der Waals surface area contributed by atoms with Gasteiger partial charge in [0.2, 0.25) is 0 Å². The van der Waals surface area contributed by atoms with Crippen molar-refractivity contribution < 1.29 is 17.0 Å². The summed E-state index contributed by atoms with van der Waals surface area (Å²) in [5, 5.41) is 5.83. The monoisotopic (exact) mass is 515 g/mol. The average Bonchev–Trinajstić information content (AvgIpc) is 2.83. The van der Waals surface area contributed by atoms with Crippen molar-refractivity contribution in [3.05, 3.63) is 60.7 Å². The van der Waals surface area contributed by atoms with Crippen LogP contribution in [0.1, 0.15) is 33.6 Å². The summed E-state index contributed by atoms with van der Waals surface area (Å²) in [7, 11) is -6.08. The maximum atomic E-state index is 11.4. The van der Waals surface area contributed by atoms with E-state index in [-0.39, 0.29) is 23.7 Å². The Morgan fingerprint density at radius 1 is 0.971 bits per heavy atom. The largest absolute Gasteiger partial charge is 0.405 e. The summed E-state index contributed by atoms with van der Waals surface area (Å²) in [4.78, 5) is 7.23. The summed E-state index contributed by atoms with van der Waals surface area (Å²) in [5.74, 6) is 0.820. The molecule has 0 amide bonds. The van der Waals surface area contributed by atoms with Crippen molar-refractivity contribution in [2.75, 3.05) is 32.6 Å². The zero-order valence-corrected chi connectivity index (χ0v) is 22.9. The van der Waals surface area contributed by atoms with E-state index in [4.69, 9.17) is 13.6 Å². The zero-order valence-electron chi connectivity index (χ0n) is 21.1. The second kappa shape index (κ2) is 10.4. The number of fused-ring (bicyclic) bond motifs is 1. The Bertz CT molecular complexity index is 1080. The molecule has 1 N–H and O–H groups in total. The van der Waals surface area contributed by atoms with E-state index in [0.29, 0.717) is 6.61 Å². The number of benzene rings is 2. The first-order chi connectivity index (χ1) is 16.6. The van der Waals surface area contributed by atoms with Crippen LogP contribution in [0.25, 0.3) is 0 Å². The summed E-state index contributed by atoms with van der Waals surface area (Å²) in [6.45, 7) is 9.24. The lowest BCUT2D eigenvalue weighted by Crippen LogP contribution is -2.67. The number of aliphatic imine (C=N–C) groups is 1. The third kappa shape index (κ3) is 5.96. The predicted molar refractivity (Wildman–Crippen MR) is 143 cm³/mol. The fraction of sp³-hybridized carbons (Fsp3) is 0.500. The van der Waals surface area contributed by atoms with Crippen molar-refractivity contribution in [1.82, 2.24) is 10.2 Å². The van der Waals surface area contributed by atoms with Crippen LogP contribution in [0, 0.1) is 0 Å². The van der Waals surface area contributed by atoms with Crippen LogP contribution in [0.4, 0.5) is 0 Å². The molecule has 0 radical (unpaired) electrons. The first-order valence-corrected chi connectivity index (χ1v) is 16.0. The van der Waals surface area contributed by atoms with Gasteiger partial charge in [0.25, 0.3) is 18.4 Å². The van der Waals surface area contributed by atoms with Gasteiger partial charge in [-0.3, -0.25) is 4.18 Å². The average molecular weight is 516 g/mol. The molecule has 9 heteroatoms. The van der Waals surface area contributed by atoms with Crippen LogP contribution in [0.15, 0.2) is 65.7 Å². The van der Waals surface area contributed by atoms with E-state index in [9.17, 15) is 8.42 Å². The van der Waals surface area contributed by atoms with Crippen LogP contribution in [0.5, 0.6) is 0 Å². The summed E-state index contributed by atoms with van der Waals surface area (Å²) >= 11 is 0. The Morgan fingerprint density at radius 2 is 1.54 bits per heavy atom. The molecular weight excluding hydrogens is 478 g/mol. The molecule has 35 heavy (non-hydrogen) atoms. The van der Waals surface area contributed by atoms with Gasteiger partial charge in [-0.15, -0.1) is 0 Å². The number of guanidine groups is 1. The first-order valence-electron chi connectivity index (χ1n) is 12.3. The third-order valence-corrected chi connectivity index (χ3v) is 12.4. The van der Waals surface area contributed by atoms with Gasteiger partial charge in [-0.2, -0.15) is 8.42 Å². The van der Waals surface area contributed by atoms with E-state index in [2.05, 4.69) is 91.7 Å². The second-order valence-electron chi connectivity index (χ2n) is 10.5. The van der Waals surface area contributed by atoms with Gasteiger partial charge in [0.1, 0.15) is 0 Å². The molecule has 0 saturated carbocycles. The van der Waals surface area contributed by atoms with E-state index in [1.807, 2.05) is 0 Å². The number of nitrogens with one attached hydrogen (secondary N) is 1. The number of nitrogens with zero attached hydrogens (tertiary/aromatic N) is 2. The molecule has 190 valence electrons. The SMILES string of the molecule is CC(C)(C)[Si](OC[C@H]1CCN2CC[C@H](COS(C)(=O)=O)NC2=N1)(c1ccccc1)c1ccccc1. The van der Waals surface area contributed by atoms with Crippen LogP contribution in [-0.2, 0) is 18.7 Å². The lowest BCUT2D eigenvalue weighted by atomic mass is 10.1. The van der Waals surface area contributed by atoms with Crippen LogP contribution < -0.4 is 15.7 Å². The predicted octanol–water partition coefficient (Wildman–Crippen LogP) is 2.33. The van der Waals surface area contributed by atoms with Crippen molar-refractivity contribution in [3.63, 3.8) is 0 Å². The van der Waals surface area contributed by atoms with Gasteiger partial charge in [0.15, 0.2) is 5.96 Å². The Kier molecular flexibility index (Phi) is 7.70. The Balaban J connectivity index is 1.57. The zero-order chi connectivity index (χ0) is 25.1. The molecule has 2 atom stereocenters. The van der Waals surface area contributed by atoms with Gasteiger partial charge in [-0.25, -0.2) is 4.99 Å². The quantitative estimate of drug-likeness (QED) is 0.429. The maximum absolute atomic E-state index is 11.4. The van der Waals surface area contributed by atoms with Crippen molar-refractivity contribution in [2.45, 2.75) is 50.7 Å². The molecule has 2 aromatic carbocycles. The van der Waals surface area contributed by atoms with Crippen LogP contribution in [-0.4, -0.2) is 72.2 Å². The lowest BCUT2D eigenvalue weighted by Gasteiger charge is -2.44. The highest BCUT2D eigenvalue weighted by Gasteiger charge is 2.50. The molecule has 0 bridgehead atoms. The third-order valence-electron chi connectivity index (χ3n) is 6.81. The van der Waals surface area contributed by atoms with E-state index in [1.165, 1.54) is 10.4 Å². The molecule has 7 nitrogen and oxygen atoms in total. The maximum Gasteiger partial charge on any atom is 0.264 e. The normalized spacial score (nSPS) is 21.1. The van der Waals surface area contributed by atoms with Crippen LogP contribution >= 0.6 is 0 Å². The smallest absolute Gasteiger partial charge is 0.264 e. The molecule has 1 saturated heterocycles. The number of hydrogen-bond donors (Lipinski definition) is 1. The molecule has 0 aliphatic carbocycles. The van der Waals surface area contributed by atoms with Crippen molar-refractivity contribution >= 4 is 34.8 Å². The molecule has 0 unspecified atom stereocenters. The Hall–Kier alpha value is -2.20. The molecule has 2 aliphatic heterocycles. The van der Waals surface area contributed by atoms with Crippen LogP contribution in [0.2, 0.25) is 5.04 Å². The molecule has 1 fully saturated rings. The highest BCUT2D eigenvalue weighted by Crippen LogP contribution is 2.37. The summed E-state index contributed by atoms with van der Waals surface area (Å²) in [6.07, 6.45) is 2.82. The second-order valence-corrected chi connectivity index (χ2v) is 16.4. The Labute approximate surface area is 210 Å².